The van der Waals surface area contributed by atoms with E-state index in [2.05, 4.69) is 11.7 Å². The van der Waals surface area contributed by atoms with Gasteiger partial charge in [-0.3, -0.25) is 0 Å². The van der Waals surface area contributed by atoms with E-state index in [0.29, 0.717) is 6.10 Å². The fourth-order valence-corrected chi connectivity index (χ4v) is 0.0680. The van der Waals surface area contributed by atoms with Crippen LogP contribution in [0.4, 0.5) is 0 Å². The molecular weight excluding hydrogens is 153 g/mol. The van der Waals surface area contributed by atoms with Crippen LogP contribution in [0.2, 0.25) is 0 Å². The Morgan fingerprint density at radius 2 is 1.83 bits per heavy atom. The van der Waals surface area contributed by atoms with E-state index in [1.165, 1.54) is 0 Å². The SMILES string of the molecule is [CH2-]C1CO1.[CH3-].[Y]. The number of epoxide rings is 1. The average molecular weight is 161 g/mol. The van der Waals surface area contributed by atoms with Crippen LogP contribution in [0.25, 0.3) is 0 Å². The zero-order chi connectivity index (χ0) is 2.99. The topological polar surface area (TPSA) is 12.5 Å². The summed E-state index contributed by atoms with van der Waals surface area (Å²) in [4.78, 5) is 0. The van der Waals surface area contributed by atoms with E-state index in [0.717, 1.165) is 6.61 Å². The maximum Gasteiger partial charge on any atom is 0.0414 e. The zero-order valence-electron chi connectivity index (χ0n) is 3.98. The second-order valence-electron chi connectivity index (χ2n) is 0.955. The first-order valence-electron chi connectivity index (χ1n) is 1.34. The van der Waals surface area contributed by atoms with Crippen molar-refractivity contribution in [3.8, 4) is 0 Å². The molecule has 0 aromatic heterocycles. The molecule has 1 aliphatic heterocycles. The number of hydrogen-bond donors (Lipinski definition) is 0. The van der Waals surface area contributed by atoms with Crippen LogP contribution in [0.15, 0.2) is 0 Å². The third kappa shape index (κ3) is 5.06. The van der Waals surface area contributed by atoms with E-state index < -0.39 is 0 Å². The first-order valence-corrected chi connectivity index (χ1v) is 1.34. The first kappa shape index (κ1) is 10.1. The maximum atomic E-state index is 4.60. The molecule has 1 rings (SSSR count). The summed E-state index contributed by atoms with van der Waals surface area (Å²) in [6.45, 7) is 4.40. The Kier molecular flexibility index (Phi) is 7.14. The third-order valence-electron chi connectivity index (χ3n) is 0.402. The van der Waals surface area contributed by atoms with E-state index in [1.807, 2.05) is 0 Å². The Morgan fingerprint density at radius 3 is 1.83 bits per heavy atom. The van der Waals surface area contributed by atoms with Crippen LogP contribution in [-0.4, -0.2) is 12.7 Å². The van der Waals surface area contributed by atoms with Gasteiger partial charge in [0.15, 0.2) is 0 Å². The van der Waals surface area contributed by atoms with Gasteiger partial charge in [0.2, 0.25) is 0 Å². The second kappa shape index (κ2) is 4.23. The fraction of sp³-hybridized carbons (Fsp3) is 0.500. The predicted molar refractivity (Wildman–Crippen MR) is 21.5 cm³/mol. The predicted octanol–water partition coefficient (Wildman–Crippen LogP) is 0.667. The number of rotatable bonds is 0. The molecule has 1 radical (unpaired) electrons. The van der Waals surface area contributed by atoms with Crippen LogP contribution in [0.5, 0.6) is 0 Å². The molecule has 35 valence electrons. The minimum Gasteiger partial charge on any atom is -0.408 e. The fourth-order valence-electron chi connectivity index (χ4n) is 0.0680. The molecule has 1 unspecified atom stereocenters. The Bertz CT molecular complexity index is 26.7. The Balaban J connectivity index is 0. The molecule has 1 atom stereocenters. The van der Waals surface area contributed by atoms with Gasteiger partial charge in [0.25, 0.3) is 0 Å². The summed E-state index contributed by atoms with van der Waals surface area (Å²) in [5.74, 6) is 0. The largest absolute Gasteiger partial charge is 0.408 e. The molecule has 0 aromatic rings. The van der Waals surface area contributed by atoms with E-state index >= 15 is 0 Å². The van der Waals surface area contributed by atoms with Crippen molar-refractivity contribution in [2.45, 2.75) is 6.10 Å². The van der Waals surface area contributed by atoms with Crippen LogP contribution in [0.3, 0.4) is 0 Å². The van der Waals surface area contributed by atoms with Crippen molar-refractivity contribution < 1.29 is 37.4 Å². The molecule has 2 heteroatoms. The van der Waals surface area contributed by atoms with Crippen molar-refractivity contribution in [2.75, 3.05) is 6.61 Å². The smallest absolute Gasteiger partial charge is 0.0414 e. The van der Waals surface area contributed by atoms with Gasteiger partial charge < -0.3 is 19.1 Å². The van der Waals surface area contributed by atoms with Crippen molar-refractivity contribution in [2.24, 2.45) is 0 Å². The summed E-state index contributed by atoms with van der Waals surface area (Å²) in [6, 6.07) is 0. The summed E-state index contributed by atoms with van der Waals surface area (Å²) < 4.78 is 4.60. The summed E-state index contributed by atoms with van der Waals surface area (Å²) in [7, 11) is 0. The first-order chi connectivity index (χ1) is 1.89. The third-order valence-corrected chi connectivity index (χ3v) is 0.402. The monoisotopic (exact) mass is 161 g/mol. The van der Waals surface area contributed by atoms with Crippen LogP contribution in [0.1, 0.15) is 0 Å². The molecule has 0 saturated carbocycles. The van der Waals surface area contributed by atoms with Gasteiger partial charge in [0.05, 0.1) is 0 Å². The molecule has 1 aliphatic rings. The van der Waals surface area contributed by atoms with Gasteiger partial charge in [0.1, 0.15) is 0 Å². The van der Waals surface area contributed by atoms with Crippen molar-refractivity contribution >= 4 is 0 Å². The molecule has 0 amide bonds. The Labute approximate surface area is 64.3 Å². The van der Waals surface area contributed by atoms with Crippen molar-refractivity contribution in [3.05, 3.63) is 14.4 Å². The molecular formula is C4H8OY-2. The van der Waals surface area contributed by atoms with Gasteiger partial charge in [-0.15, -0.1) is 0 Å². The molecule has 0 spiro atoms. The van der Waals surface area contributed by atoms with Crippen LogP contribution >= 0.6 is 0 Å². The Morgan fingerprint density at radius 1 is 1.67 bits per heavy atom. The molecule has 0 aromatic carbocycles. The molecule has 1 nitrogen and oxygen atoms in total. The van der Waals surface area contributed by atoms with E-state index in [9.17, 15) is 0 Å². The molecule has 6 heavy (non-hydrogen) atoms. The number of ether oxygens (including phenoxy) is 1. The van der Waals surface area contributed by atoms with E-state index in [4.69, 9.17) is 0 Å². The van der Waals surface area contributed by atoms with E-state index in [-0.39, 0.29) is 40.1 Å². The van der Waals surface area contributed by atoms with Crippen molar-refractivity contribution in [3.63, 3.8) is 0 Å². The molecule has 0 N–H and O–H groups in total. The summed E-state index contributed by atoms with van der Waals surface area (Å²) in [6.07, 6.45) is 0.333. The maximum absolute atomic E-state index is 4.60. The van der Waals surface area contributed by atoms with Gasteiger partial charge in [-0.25, -0.2) is 0 Å². The zero-order valence-corrected chi connectivity index (χ0v) is 6.82. The van der Waals surface area contributed by atoms with Gasteiger partial charge in [-0.2, -0.15) is 0 Å². The van der Waals surface area contributed by atoms with Gasteiger partial charge in [-0.05, 0) is 6.10 Å². The molecule has 1 fully saturated rings. The normalized spacial score (nSPS) is 26.5. The summed E-state index contributed by atoms with van der Waals surface area (Å²) >= 11 is 0. The second-order valence-corrected chi connectivity index (χ2v) is 0.955. The van der Waals surface area contributed by atoms with Gasteiger partial charge >= 0.3 is 0 Å². The van der Waals surface area contributed by atoms with Crippen LogP contribution in [-0.2, 0) is 37.4 Å². The van der Waals surface area contributed by atoms with Crippen molar-refractivity contribution in [1.29, 1.82) is 0 Å². The summed E-state index contributed by atoms with van der Waals surface area (Å²) in [5, 5.41) is 0. The molecule has 1 saturated heterocycles. The van der Waals surface area contributed by atoms with Crippen LogP contribution in [0, 0.1) is 14.4 Å². The number of hydrogen-bond acceptors (Lipinski definition) is 1. The summed E-state index contributed by atoms with van der Waals surface area (Å²) in [5.41, 5.74) is 0. The van der Waals surface area contributed by atoms with E-state index in [1.54, 1.807) is 0 Å². The van der Waals surface area contributed by atoms with Crippen molar-refractivity contribution in [1.82, 2.24) is 0 Å². The standard InChI is InChI=1S/C3H5O.CH3.Y/c1-3-2-4-3;;/h3H,1-2H2;1H3;/q2*-1;. The molecule has 0 bridgehead atoms. The molecule has 0 aliphatic carbocycles. The van der Waals surface area contributed by atoms with Gasteiger partial charge in [-0.1, -0.05) is 0 Å². The van der Waals surface area contributed by atoms with Crippen LogP contribution < -0.4 is 0 Å². The minimum atomic E-state index is 0. The quantitative estimate of drug-likeness (QED) is 0.375. The minimum absolute atomic E-state index is 0. The Hall–Kier alpha value is 1.06. The molecule has 1 heterocycles. The average Bonchev–Trinajstić information content (AvgIpc) is 1.75. The van der Waals surface area contributed by atoms with Gasteiger partial charge in [0, 0.05) is 39.3 Å².